The molecule has 0 aliphatic heterocycles. The number of anilines is 1. The van der Waals surface area contributed by atoms with Gasteiger partial charge in [-0.2, -0.15) is 0 Å². The van der Waals surface area contributed by atoms with Crippen molar-refractivity contribution >= 4 is 22.6 Å². The third-order valence-electron chi connectivity index (χ3n) is 3.35. The molecule has 1 heterocycles. The molecule has 4 nitrogen and oxygen atoms in total. The molecule has 0 unspecified atom stereocenters. The summed E-state index contributed by atoms with van der Waals surface area (Å²) in [7, 11) is 0. The molecule has 21 heavy (non-hydrogen) atoms. The number of amides is 1. The minimum absolute atomic E-state index is 0.167. The summed E-state index contributed by atoms with van der Waals surface area (Å²) in [6, 6.07) is 11.3. The topological polar surface area (TPSA) is 49.0 Å². The second-order valence-electron chi connectivity index (χ2n) is 4.66. The Hall–Kier alpha value is -2.69. The molecule has 0 bridgehead atoms. The number of halogens is 1. The van der Waals surface area contributed by atoms with Crippen molar-refractivity contribution in [3.8, 4) is 0 Å². The molecule has 3 aromatic rings. The van der Waals surface area contributed by atoms with Crippen LogP contribution in [0.4, 0.5) is 10.1 Å². The first-order valence-corrected chi connectivity index (χ1v) is 6.69. The van der Waals surface area contributed by atoms with E-state index in [4.69, 9.17) is 0 Å². The zero-order chi connectivity index (χ0) is 14.8. The second kappa shape index (κ2) is 5.36. The number of nitrogens with zero attached hydrogens (tertiary/aromatic N) is 2. The third-order valence-corrected chi connectivity index (χ3v) is 3.35. The van der Waals surface area contributed by atoms with Gasteiger partial charge in [-0.25, -0.2) is 9.37 Å². The fourth-order valence-corrected chi connectivity index (χ4v) is 2.31. The van der Waals surface area contributed by atoms with E-state index in [9.17, 15) is 9.18 Å². The highest BCUT2D eigenvalue weighted by molar-refractivity contribution is 6.07. The zero-order valence-electron chi connectivity index (χ0n) is 11.5. The van der Waals surface area contributed by atoms with E-state index in [1.807, 2.05) is 6.92 Å². The van der Waals surface area contributed by atoms with Crippen LogP contribution in [0.1, 0.15) is 17.3 Å². The van der Waals surface area contributed by atoms with Gasteiger partial charge in [-0.15, -0.1) is 0 Å². The highest BCUT2D eigenvalue weighted by atomic mass is 19.1. The summed E-state index contributed by atoms with van der Waals surface area (Å²) in [5.41, 5.74) is 2.70. The number of H-pyrrole nitrogens is 1. The summed E-state index contributed by atoms with van der Waals surface area (Å²) in [6.07, 6.45) is 1.59. The molecule has 0 aliphatic rings. The van der Waals surface area contributed by atoms with Gasteiger partial charge >= 0.3 is 0 Å². The van der Waals surface area contributed by atoms with Crippen molar-refractivity contribution in [1.29, 1.82) is 0 Å². The summed E-state index contributed by atoms with van der Waals surface area (Å²) in [5.74, 6) is -0.526. The number of aromatic amines is 1. The SMILES string of the molecule is CCN(C(=O)c1ccc2nc[nH]c2c1)c1cccc(F)c1. The van der Waals surface area contributed by atoms with Gasteiger partial charge in [0.15, 0.2) is 0 Å². The van der Waals surface area contributed by atoms with Crippen molar-refractivity contribution < 1.29 is 9.18 Å². The Morgan fingerprint density at radius 1 is 1.29 bits per heavy atom. The van der Waals surface area contributed by atoms with Gasteiger partial charge in [0.1, 0.15) is 5.82 Å². The number of imidazole rings is 1. The highest BCUT2D eigenvalue weighted by Crippen LogP contribution is 2.20. The van der Waals surface area contributed by atoms with Crippen LogP contribution in [-0.4, -0.2) is 22.4 Å². The van der Waals surface area contributed by atoms with E-state index >= 15 is 0 Å². The van der Waals surface area contributed by atoms with Crippen LogP contribution < -0.4 is 4.90 Å². The lowest BCUT2D eigenvalue weighted by atomic mass is 10.1. The van der Waals surface area contributed by atoms with Crippen molar-refractivity contribution in [1.82, 2.24) is 9.97 Å². The van der Waals surface area contributed by atoms with Crippen LogP contribution in [0.5, 0.6) is 0 Å². The van der Waals surface area contributed by atoms with Crippen molar-refractivity contribution in [2.24, 2.45) is 0 Å². The van der Waals surface area contributed by atoms with E-state index in [1.165, 1.54) is 12.1 Å². The van der Waals surface area contributed by atoms with Gasteiger partial charge in [0.25, 0.3) is 5.91 Å². The Balaban J connectivity index is 1.98. The fourth-order valence-electron chi connectivity index (χ4n) is 2.31. The Bertz CT molecular complexity index is 797. The summed E-state index contributed by atoms with van der Waals surface area (Å²) < 4.78 is 13.3. The lowest BCUT2D eigenvalue weighted by Crippen LogP contribution is -2.30. The number of carbonyl (C=O) groups excluding carboxylic acids is 1. The predicted octanol–water partition coefficient (Wildman–Crippen LogP) is 3.37. The normalized spacial score (nSPS) is 10.8. The maximum atomic E-state index is 13.3. The Kier molecular flexibility index (Phi) is 3.39. The molecule has 106 valence electrons. The van der Waals surface area contributed by atoms with Gasteiger partial charge in [-0.1, -0.05) is 6.07 Å². The molecular formula is C16H14FN3O. The van der Waals surface area contributed by atoms with E-state index in [2.05, 4.69) is 9.97 Å². The molecule has 1 N–H and O–H groups in total. The second-order valence-corrected chi connectivity index (χ2v) is 4.66. The van der Waals surface area contributed by atoms with Crippen molar-refractivity contribution in [2.75, 3.05) is 11.4 Å². The van der Waals surface area contributed by atoms with E-state index in [0.29, 0.717) is 17.8 Å². The molecule has 0 fully saturated rings. The van der Waals surface area contributed by atoms with Crippen LogP contribution in [-0.2, 0) is 0 Å². The number of hydrogen-bond acceptors (Lipinski definition) is 2. The van der Waals surface area contributed by atoms with Crippen LogP contribution in [0.15, 0.2) is 48.8 Å². The average Bonchev–Trinajstić information content (AvgIpc) is 2.95. The van der Waals surface area contributed by atoms with E-state index in [-0.39, 0.29) is 11.7 Å². The predicted molar refractivity (Wildman–Crippen MR) is 79.8 cm³/mol. The lowest BCUT2D eigenvalue weighted by molar-refractivity contribution is 0.0988. The van der Waals surface area contributed by atoms with Crippen molar-refractivity contribution in [2.45, 2.75) is 6.92 Å². The summed E-state index contributed by atoms with van der Waals surface area (Å²) in [6.45, 7) is 2.32. The van der Waals surface area contributed by atoms with E-state index < -0.39 is 0 Å². The highest BCUT2D eigenvalue weighted by Gasteiger charge is 2.17. The first kappa shape index (κ1) is 13.3. The summed E-state index contributed by atoms with van der Waals surface area (Å²) in [5, 5.41) is 0. The van der Waals surface area contributed by atoms with Crippen LogP contribution in [0.25, 0.3) is 11.0 Å². The maximum absolute atomic E-state index is 13.3. The van der Waals surface area contributed by atoms with Crippen LogP contribution >= 0.6 is 0 Å². The molecule has 3 rings (SSSR count). The molecule has 0 atom stereocenters. The number of hydrogen-bond donors (Lipinski definition) is 1. The largest absolute Gasteiger partial charge is 0.345 e. The van der Waals surface area contributed by atoms with Gasteiger partial charge in [0, 0.05) is 17.8 Å². The number of benzene rings is 2. The van der Waals surface area contributed by atoms with Crippen LogP contribution in [0.3, 0.4) is 0 Å². The molecule has 0 saturated heterocycles. The van der Waals surface area contributed by atoms with E-state index in [1.54, 1.807) is 41.6 Å². The number of rotatable bonds is 3. The molecule has 1 aromatic heterocycles. The molecule has 0 spiro atoms. The average molecular weight is 283 g/mol. The monoisotopic (exact) mass is 283 g/mol. The van der Waals surface area contributed by atoms with Gasteiger partial charge in [0.05, 0.1) is 17.4 Å². The Morgan fingerprint density at radius 2 is 2.14 bits per heavy atom. The molecular weight excluding hydrogens is 269 g/mol. The summed E-state index contributed by atoms with van der Waals surface area (Å²) in [4.78, 5) is 21.3. The lowest BCUT2D eigenvalue weighted by Gasteiger charge is -2.21. The Morgan fingerprint density at radius 3 is 2.90 bits per heavy atom. The standard InChI is InChI=1S/C16H14FN3O/c1-2-20(13-5-3-4-12(17)9-13)16(21)11-6-7-14-15(8-11)19-10-18-14/h3-10H,2H2,1H3,(H,18,19). The van der Waals surface area contributed by atoms with Crippen molar-refractivity contribution in [3.63, 3.8) is 0 Å². The summed E-state index contributed by atoms with van der Waals surface area (Å²) >= 11 is 0. The molecule has 0 radical (unpaired) electrons. The van der Waals surface area contributed by atoms with Gasteiger partial charge in [-0.05, 0) is 43.3 Å². The third kappa shape index (κ3) is 2.50. The molecule has 1 amide bonds. The smallest absolute Gasteiger partial charge is 0.258 e. The van der Waals surface area contributed by atoms with Gasteiger partial charge in [-0.3, -0.25) is 4.79 Å². The minimum Gasteiger partial charge on any atom is -0.345 e. The molecule has 0 saturated carbocycles. The van der Waals surface area contributed by atoms with Crippen LogP contribution in [0.2, 0.25) is 0 Å². The minimum atomic E-state index is -0.359. The van der Waals surface area contributed by atoms with Gasteiger partial charge in [0.2, 0.25) is 0 Å². The van der Waals surface area contributed by atoms with E-state index in [0.717, 1.165) is 11.0 Å². The first-order chi connectivity index (χ1) is 10.2. The quantitative estimate of drug-likeness (QED) is 0.801. The maximum Gasteiger partial charge on any atom is 0.258 e. The number of carbonyl (C=O) groups is 1. The first-order valence-electron chi connectivity index (χ1n) is 6.69. The molecule has 2 aromatic carbocycles. The van der Waals surface area contributed by atoms with Crippen LogP contribution in [0, 0.1) is 5.82 Å². The Labute approximate surface area is 121 Å². The van der Waals surface area contributed by atoms with Gasteiger partial charge < -0.3 is 9.88 Å². The molecule has 0 aliphatic carbocycles. The fraction of sp³-hybridized carbons (Fsp3) is 0.125. The van der Waals surface area contributed by atoms with Crippen molar-refractivity contribution in [3.05, 3.63) is 60.2 Å². The zero-order valence-corrected chi connectivity index (χ0v) is 11.5. The molecule has 5 heteroatoms. The number of fused-ring (bicyclic) bond motifs is 1. The number of nitrogens with one attached hydrogen (secondary N) is 1. The number of aromatic nitrogens is 2.